The van der Waals surface area contributed by atoms with Gasteiger partial charge in [0.15, 0.2) is 0 Å². The second-order valence-corrected chi connectivity index (χ2v) is 6.81. The van der Waals surface area contributed by atoms with Gasteiger partial charge in [-0.15, -0.1) is 10.2 Å². The first-order chi connectivity index (χ1) is 12.1. The molecule has 0 spiro atoms. The summed E-state index contributed by atoms with van der Waals surface area (Å²) in [6.07, 6.45) is 3.62. The first-order valence-electron chi connectivity index (χ1n) is 8.38. The molecule has 2 aromatic heterocycles. The van der Waals surface area contributed by atoms with Gasteiger partial charge in [-0.1, -0.05) is 43.4 Å². The molecule has 3 aromatic rings. The number of benzene rings is 1. The molecule has 0 saturated carbocycles. The number of aromatic nitrogens is 4. The summed E-state index contributed by atoms with van der Waals surface area (Å²) in [5, 5.41) is 17.0. The van der Waals surface area contributed by atoms with E-state index in [9.17, 15) is 4.79 Å². The third-order valence-electron chi connectivity index (χ3n) is 4.25. The zero-order chi connectivity index (χ0) is 17.8. The molecule has 0 unspecified atom stereocenters. The van der Waals surface area contributed by atoms with Crippen LogP contribution in [0.1, 0.15) is 53.7 Å². The van der Waals surface area contributed by atoms with Crippen LogP contribution in [0.4, 0.5) is 5.13 Å². The fourth-order valence-electron chi connectivity index (χ4n) is 2.71. The highest BCUT2D eigenvalue weighted by Crippen LogP contribution is 2.28. The zero-order valence-corrected chi connectivity index (χ0v) is 15.4. The van der Waals surface area contributed by atoms with Crippen molar-refractivity contribution < 1.29 is 4.79 Å². The van der Waals surface area contributed by atoms with Crippen molar-refractivity contribution >= 4 is 22.4 Å². The van der Waals surface area contributed by atoms with Crippen LogP contribution in [-0.2, 0) is 0 Å². The van der Waals surface area contributed by atoms with Crippen LogP contribution < -0.4 is 5.32 Å². The molecule has 0 radical (unpaired) electrons. The molecule has 1 amide bonds. The molecular formula is C18H21N5OS. The molecule has 0 bridgehead atoms. The van der Waals surface area contributed by atoms with Crippen molar-refractivity contribution in [3.05, 3.63) is 52.8 Å². The summed E-state index contributed by atoms with van der Waals surface area (Å²) in [6, 6.07) is 9.74. The van der Waals surface area contributed by atoms with E-state index in [1.54, 1.807) is 10.9 Å². The Balaban J connectivity index is 1.77. The van der Waals surface area contributed by atoms with Gasteiger partial charge < -0.3 is 0 Å². The van der Waals surface area contributed by atoms with E-state index in [0.717, 1.165) is 29.2 Å². The minimum absolute atomic E-state index is 0.216. The molecule has 0 aliphatic heterocycles. The monoisotopic (exact) mass is 355 g/mol. The largest absolute Gasteiger partial charge is 0.296 e. The van der Waals surface area contributed by atoms with E-state index in [-0.39, 0.29) is 5.91 Å². The highest BCUT2D eigenvalue weighted by atomic mass is 32.1. The Morgan fingerprint density at radius 1 is 1.20 bits per heavy atom. The van der Waals surface area contributed by atoms with Crippen LogP contribution >= 0.6 is 11.3 Å². The summed E-state index contributed by atoms with van der Waals surface area (Å²) in [5.41, 5.74) is 2.24. The van der Waals surface area contributed by atoms with Gasteiger partial charge in [0.1, 0.15) is 5.01 Å². The number of amides is 1. The van der Waals surface area contributed by atoms with Crippen LogP contribution in [0, 0.1) is 6.92 Å². The lowest BCUT2D eigenvalue weighted by atomic mass is 10.1. The van der Waals surface area contributed by atoms with Crippen LogP contribution in [0.2, 0.25) is 0 Å². The van der Waals surface area contributed by atoms with Crippen molar-refractivity contribution in [1.82, 2.24) is 20.0 Å². The number of hydrogen-bond acceptors (Lipinski definition) is 5. The quantitative estimate of drug-likeness (QED) is 0.719. The minimum atomic E-state index is -0.216. The molecule has 1 N–H and O–H groups in total. The van der Waals surface area contributed by atoms with Gasteiger partial charge in [0.05, 0.1) is 23.1 Å². The number of para-hydroxylation sites is 1. The maximum Gasteiger partial charge on any atom is 0.260 e. The molecule has 1 aromatic carbocycles. The fraction of sp³-hybridized carbons (Fsp3) is 0.333. The molecule has 0 fully saturated rings. The number of carbonyl (C=O) groups excluding carboxylic acids is 1. The van der Waals surface area contributed by atoms with Gasteiger partial charge in [0.25, 0.3) is 5.91 Å². The lowest BCUT2D eigenvalue weighted by Gasteiger charge is -2.06. The summed E-state index contributed by atoms with van der Waals surface area (Å²) in [6.45, 7) is 6.15. The smallest absolute Gasteiger partial charge is 0.260 e. The lowest BCUT2D eigenvalue weighted by molar-refractivity contribution is 0.102. The lowest BCUT2D eigenvalue weighted by Crippen LogP contribution is -2.13. The number of rotatable bonds is 6. The number of hydrogen-bond donors (Lipinski definition) is 1. The van der Waals surface area contributed by atoms with Crippen LogP contribution in [0.15, 0.2) is 36.5 Å². The Bertz CT molecular complexity index is 851. The fourth-order valence-corrected chi connectivity index (χ4v) is 3.72. The maximum atomic E-state index is 12.6. The molecule has 6 nitrogen and oxygen atoms in total. The molecule has 25 heavy (non-hydrogen) atoms. The topological polar surface area (TPSA) is 72.7 Å². The van der Waals surface area contributed by atoms with Crippen LogP contribution in [-0.4, -0.2) is 25.9 Å². The molecule has 0 atom stereocenters. The van der Waals surface area contributed by atoms with Crippen molar-refractivity contribution in [3.8, 4) is 5.69 Å². The Hall–Kier alpha value is -2.54. The Kier molecular flexibility index (Phi) is 5.23. The highest BCUT2D eigenvalue weighted by molar-refractivity contribution is 7.15. The Morgan fingerprint density at radius 2 is 1.92 bits per heavy atom. The van der Waals surface area contributed by atoms with Crippen molar-refractivity contribution in [2.24, 2.45) is 0 Å². The number of carbonyl (C=O) groups is 1. The van der Waals surface area contributed by atoms with Crippen molar-refractivity contribution in [1.29, 1.82) is 0 Å². The van der Waals surface area contributed by atoms with E-state index in [0.29, 0.717) is 16.6 Å². The molecule has 3 rings (SSSR count). The van der Waals surface area contributed by atoms with Crippen molar-refractivity contribution in [2.75, 3.05) is 5.32 Å². The van der Waals surface area contributed by atoms with Gasteiger partial charge >= 0.3 is 0 Å². The summed E-state index contributed by atoms with van der Waals surface area (Å²) in [4.78, 5) is 12.6. The Morgan fingerprint density at radius 3 is 2.60 bits per heavy atom. The molecule has 0 aliphatic carbocycles. The minimum Gasteiger partial charge on any atom is -0.296 e. The second-order valence-electron chi connectivity index (χ2n) is 5.80. The molecule has 0 aliphatic rings. The van der Waals surface area contributed by atoms with Crippen molar-refractivity contribution in [2.45, 2.75) is 39.5 Å². The highest BCUT2D eigenvalue weighted by Gasteiger charge is 2.18. The summed E-state index contributed by atoms with van der Waals surface area (Å²) < 4.78 is 1.75. The molecule has 2 heterocycles. The number of nitrogens with one attached hydrogen (secondary N) is 1. The summed E-state index contributed by atoms with van der Waals surface area (Å²) in [5.74, 6) is 0.178. The van der Waals surface area contributed by atoms with E-state index in [1.165, 1.54) is 11.3 Å². The van der Waals surface area contributed by atoms with Crippen molar-refractivity contribution in [3.63, 3.8) is 0 Å². The second kappa shape index (κ2) is 7.57. The molecule has 7 heteroatoms. The van der Waals surface area contributed by atoms with E-state index >= 15 is 0 Å². The van der Waals surface area contributed by atoms with Gasteiger partial charge in [0.2, 0.25) is 5.13 Å². The average molecular weight is 355 g/mol. The third kappa shape index (κ3) is 3.61. The standard InChI is InChI=1S/C18H21N5OS/c1-4-13(5-2)17-21-22-18(25-17)20-16(24)15-11-19-23(12(15)3)14-9-7-6-8-10-14/h6-11,13H,4-5H2,1-3H3,(H,20,22,24). The number of nitrogens with zero attached hydrogens (tertiary/aromatic N) is 4. The van der Waals surface area contributed by atoms with Gasteiger partial charge in [-0.3, -0.25) is 10.1 Å². The van der Waals surface area contributed by atoms with Gasteiger partial charge in [-0.2, -0.15) is 5.10 Å². The van der Waals surface area contributed by atoms with E-state index in [4.69, 9.17) is 0 Å². The predicted octanol–water partition coefficient (Wildman–Crippen LogP) is 4.19. The Labute approximate surface area is 150 Å². The molecule has 130 valence electrons. The normalized spacial score (nSPS) is 11.0. The van der Waals surface area contributed by atoms with E-state index in [2.05, 4.69) is 34.5 Å². The van der Waals surface area contributed by atoms with Gasteiger partial charge in [-0.05, 0) is 31.9 Å². The van der Waals surface area contributed by atoms with Crippen LogP contribution in [0.3, 0.4) is 0 Å². The summed E-state index contributed by atoms with van der Waals surface area (Å²) in [7, 11) is 0. The maximum absolute atomic E-state index is 12.6. The SMILES string of the molecule is CCC(CC)c1nnc(NC(=O)c2cnn(-c3ccccc3)c2C)s1. The predicted molar refractivity (Wildman–Crippen MR) is 99.5 cm³/mol. The summed E-state index contributed by atoms with van der Waals surface area (Å²) >= 11 is 1.44. The molecular weight excluding hydrogens is 334 g/mol. The number of anilines is 1. The first-order valence-corrected chi connectivity index (χ1v) is 9.20. The zero-order valence-electron chi connectivity index (χ0n) is 14.6. The van der Waals surface area contributed by atoms with Crippen LogP contribution in [0.5, 0.6) is 0 Å². The first kappa shape index (κ1) is 17.3. The molecule has 0 saturated heterocycles. The van der Waals surface area contributed by atoms with E-state index < -0.39 is 0 Å². The van der Waals surface area contributed by atoms with Gasteiger partial charge in [0, 0.05) is 5.92 Å². The van der Waals surface area contributed by atoms with Gasteiger partial charge in [-0.25, -0.2) is 4.68 Å². The third-order valence-corrected chi connectivity index (χ3v) is 5.25. The van der Waals surface area contributed by atoms with E-state index in [1.807, 2.05) is 37.3 Å². The average Bonchev–Trinajstić information content (AvgIpc) is 3.24. The van der Waals surface area contributed by atoms with Crippen LogP contribution in [0.25, 0.3) is 5.69 Å².